The van der Waals surface area contributed by atoms with Gasteiger partial charge in [0.1, 0.15) is 0 Å². The molecular weight excluding hydrogens is 188 g/mol. The van der Waals surface area contributed by atoms with E-state index in [9.17, 15) is 0 Å². The number of nitrogens with two attached hydrogens (primary N) is 1. The average Bonchev–Trinajstić information content (AvgIpc) is 2.18. The van der Waals surface area contributed by atoms with Crippen molar-refractivity contribution in [2.45, 2.75) is 13.0 Å². The van der Waals surface area contributed by atoms with E-state index in [0.29, 0.717) is 6.61 Å². The lowest BCUT2D eigenvalue weighted by Crippen LogP contribution is -2.38. The molecule has 0 radical (unpaired) electrons. The van der Waals surface area contributed by atoms with Crippen molar-refractivity contribution in [3.63, 3.8) is 0 Å². The molecule has 0 amide bonds. The van der Waals surface area contributed by atoms with Crippen molar-refractivity contribution in [1.29, 1.82) is 0 Å². The van der Waals surface area contributed by atoms with Crippen molar-refractivity contribution in [2.75, 3.05) is 32.2 Å². The maximum atomic E-state index is 5.89. The van der Waals surface area contributed by atoms with Gasteiger partial charge in [0.05, 0.1) is 6.61 Å². The Morgan fingerprint density at radius 3 is 2.80 bits per heavy atom. The van der Waals surface area contributed by atoms with Gasteiger partial charge in [-0.15, -0.1) is 0 Å². The topological polar surface area (TPSA) is 38.5 Å². The van der Waals surface area contributed by atoms with Gasteiger partial charge in [0.25, 0.3) is 0 Å². The zero-order valence-electron chi connectivity index (χ0n) is 9.73. The number of likely N-dealkylation sites (N-methyl/N-ethyl adjacent to an activating group) is 1. The Balaban J connectivity index is 2.56. The molecule has 0 aromatic heterocycles. The van der Waals surface area contributed by atoms with Crippen molar-refractivity contribution >= 4 is 5.69 Å². The molecule has 0 aliphatic rings. The molecule has 15 heavy (non-hydrogen) atoms. The number of benzene rings is 1. The third-order valence-electron chi connectivity index (χ3n) is 2.33. The van der Waals surface area contributed by atoms with Crippen LogP contribution in [-0.4, -0.2) is 33.4 Å². The summed E-state index contributed by atoms with van der Waals surface area (Å²) in [5.41, 5.74) is 8.35. The fourth-order valence-corrected chi connectivity index (χ4v) is 1.59. The standard InChI is InChI=1S/C12H20N2O/c1-10-5-4-6-12(7-10)14(2)8-11(13)9-15-3/h4-7,11H,8-9,13H2,1-3H3. The molecule has 3 nitrogen and oxygen atoms in total. The van der Waals surface area contributed by atoms with Gasteiger partial charge in [0.15, 0.2) is 0 Å². The van der Waals surface area contributed by atoms with Gasteiger partial charge in [-0.1, -0.05) is 12.1 Å². The Labute approximate surface area is 91.8 Å². The molecule has 1 aromatic carbocycles. The first-order valence-corrected chi connectivity index (χ1v) is 5.16. The predicted octanol–water partition coefficient (Wildman–Crippen LogP) is 1.40. The summed E-state index contributed by atoms with van der Waals surface area (Å²) in [6.07, 6.45) is 0. The Kier molecular flexibility index (Phi) is 4.59. The Morgan fingerprint density at radius 1 is 1.47 bits per heavy atom. The van der Waals surface area contributed by atoms with Gasteiger partial charge in [-0.05, 0) is 24.6 Å². The van der Waals surface area contributed by atoms with Crippen LogP contribution in [0.25, 0.3) is 0 Å². The molecule has 0 fully saturated rings. The Hall–Kier alpha value is -1.06. The van der Waals surface area contributed by atoms with E-state index in [1.54, 1.807) is 7.11 Å². The molecule has 0 aliphatic carbocycles. The molecule has 1 unspecified atom stereocenters. The second-order valence-corrected chi connectivity index (χ2v) is 3.93. The predicted molar refractivity (Wildman–Crippen MR) is 64.3 cm³/mol. The minimum atomic E-state index is 0.0560. The van der Waals surface area contributed by atoms with Crippen LogP contribution in [0, 0.1) is 6.92 Å². The number of anilines is 1. The van der Waals surface area contributed by atoms with E-state index in [1.807, 2.05) is 7.05 Å². The average molecular weight is 208 g/mol. The van der Waals surface area contributed by atoms with E-state index in [2.05, 4.69) is 36.1 Å². The van der Waals surface area contributed by atoms with Crippen LogP contribution >= 0.6 is 0 Å². The summed E-state index contributed by atoms with van der Waals surface area (Å²) >= 11 is 0. The van der Waals surface area contributed by atoms with Crippen LogP contribution in [0.5, 0.6) is 0 Å². The van der Waals surface area contributed by atoms with Crippen LogP contribution in [0.1, 0.15) is 5.56 Å². The Morgan fingerprint density at radius 2 is 2.20 bits per heavy atom. The van der Waals surface area contributed by atoms with Crippen molar-refractivity contribution in [3.05, 3.63) is 29.8 Å². The summed E-state index contributed by atoms with van der Waals surface area (Å²) in [7, 11) is 3.72. The summed E-state index contributed by atoms with van der Waals surface area (Å²) in [5.74, 6) is 0. The molecule has 3 heteroatoms. The molecule has 0 aliphatic heterocycles. The SMILES string of the molecule is COCC(N)CN(C)c1cccc(C)c1. The highest BCUT2D eigenvalue weighted by molar-refractivity contribution is 5.47. The van der Waals surface area contributed by atoms with Crippen LogP contribution < -0.4 is 10.6 Å². The highest BCUT2D eigenvalue weighted by Crippen LogP contribution is 2.13. The highest BCUT2D eigenvalue weighted by Gasteiger charge is 2.06. The molecule has 84 valence electrons. The maximum Gasteiger partial charge on any atom is 0.0631 e. The first kappa shape index (κ1) is 12.0. The van der Waals surface area contributed by atoms with Gasteiger partial charge in [0.2, 0.25) is 0 Å². The smallest absolute Gasteiger partial charge is 0.0631 e. The lowest BCUT2D eigenvalue weighted by molar-refractivity contribution is 0.181. The highest BCUT2D eigenvalue weighted by atomic mass is 16.5. The summed E-state index contributed by atoms with van der Waals surface area (Å²) in [5, 5.41) is 0. The van der Waals surface area contributed by atoms with Crippen molar-refractivity contribution in [1.82, 2.24) is 0 Å². The second-order valence-electron chi connectivity index (χ2n) is 3.93. The number of hydrogen-bond acceptors (Lipinski definition) is 3. The van der Waals surface area contributed by atoms with E-state index in [4.69, 9.17) is 10.5 Å². The fourth-order valence-electron chi connectivity index (χ4n) is 1.59. The molecule has 1 aromatic rings. The van der Waals surface area contributed by atoms with Gasteiger partial charge in [-0.3, -0.25) is 0 Å². The normalized spacial score (nSPS) is 12.5. The van der Waals surface area contributed by atoms with E-state index in [1.165, 1.54) is 11.3 Å². The van der Waals surface area contributed by atoms with Gasteiger partial charge in [-0.2, -0.15) is 0 Å². The molecule has 2 N–H and O–H groups in total. The van der Waals surface area contributed by atoms with Crippen LogP contribution in [0.15, 0.2) is 24.3 Å². The zero-order valence-corrected chi connectivity index (χ0v) is 9.73. The van der Waals surface area contributed by atoms with E-state index < -0.39 is 0 Å². The lowest BCUT2D eigenvalue weighted by atomic mass is 10.2. The minimum Gasteiger partial charge on any atom is -0.383 e. The minimum absolute atomic E-state index is 0.0560. The number of hydrogen-bond donors (Lipinski definition) is 1. The molecule has 0 heterocycles. The lowest BCUT2D eigenvalue weighted by Gasteiger charge is -2.23. The third-order valence-corrected chi connectivity index (χ3v) is 2.33. The monoisotopic (exact) mass is 208 g/mol. The molecular formula is C12H20N2O. The maximum absolute atomic E-state index is 5.89. The van der Waals surface area contributed by atoms with Gasteiger partial charge in [-0.25, -0.2) is 0 Å². The van der Waals surface area contributed by atoms with Crippen LogP contribution in [0.3, 0.4) is 0 Å². The first-order valence-electron chi connectivity index (χ1n) is 5.16. The van der Waals surface area contributed by atoms with Crippen LogP contribution in [-0.2, 0) is 4.74 Å². The second kappa shape index (κ2) is 5.73. The Bertz CT molecular complexity index is 301. The third kappa shape index (κ3) is 3.90. The number of rotatable bonds is 5. The van der Waals surface area contributed by atoms with Gasteiger partial charge >= 0.3 is 0 Å². The quantitative estimate of drug-likeness (QED) is 0.795. The van der Waals surface area contributed by atoms with E-state index in [0.717, 1.165) is 6.54 Å². The van der Waals surface area contributed by atoms with Crippen LogP contribution in [0.2, 0.25) is 0 Å². The van der Waals surface area contributed by atoms with Crippen molar-refractivity contribution in [3.8, 4) is 0 Å². The zero-order chi connectivity index (χ0) is 11.3. The largest absolute Gasteiger partial charge is 0.383 e. The summed E-state index contributed by atoms with van der Waals surface area (Å²) in [6, 6.07) is 8.45. The summed E-state index contributed by atoms with van der Waals surface area (Å²) in [4.78, 5) is 2.15. The molecule has 0 spiro atoms. The number of ether oxygens (including phenoxy) is 1. The van der Waals surface area contributed by atoms with Crippen LogP contribution in [0.4, 0.5) is 5.69 Å². The number of methoxy groups -OCH3 is 1. The molecule has 1 atom stereocenters. The van der Waals surface area contributed by atoms with Crippen molar-refractivity contribution < 1.29 is 4.74 Å². The van der Waals surface area contributed by atoms with E-state index in [-0.39, 0.29) is 6.04 Å². The summed E-state index contributed by atoms with van der Waals surface area (Å²) < 4.78 is 5.01. The molecule has 1 rings (SSSR count). The fraction of sp³-hybridized carbons (Fsp3) is 0.500. The summed E-state index contributed by atoms with van der Waals surface area (Å²) in [6.45, 7) is 3.49. The molecule has 0 saturated heterocycles. The van der Waals surface area contributed by atoms with Crippen molar-refractivity contribution in [2.24, 2.45) is 5.73 Å². The number of aryl methyl sites for hydroxylation is 1. The molecule has 0 saturated carbocycles. The van der Waals surface area contributed by atoms with Gasteiger partial charge in [0, 0.05) is 32.4 Å². The molecule has 0 bridgehead atoms. The van der Waals surface area contributed by atoms with Gasteiger partial charge < -0.3 is 15.4 Å². The van der Waals surface area contributed by atoms with E-state index >= 15 is 0 Å². The number of nitrogens with zero attached hydrogens (tertiary/aromatic N) is 1. The first-order chi connectivity index (χ1) is 7.13.